The topological polar surface area (TPSA) is 250 Å². The van der Waals surface area contributed by atoms with E-state index in [9.17, 15) is 28.5 Å². The van der Waals surface area contributed by atoms with Gasteiger partial charge in [0.15, 0.2) is 0 Å². The second-order valence-corrected chi connectivity index (χ2v) is 9.78. The monoisotopic (exact) mass is 467 g/mol. The van der Waals surface area contributed by atoms with E-state index in [0.717, 1.165) is 4.57 Å². The van der Waals surface area contributed by atoms with Crippen LogP contribution in [0.3, 0.4) is 0 Å². The van der Waals surface area contributed by atoms with Gasteiger partial charge in [-0.15, -0.1) is 0 Å². The van der Waals surface area contributed by atoms with E-state index in [-0.39, 0.29) is 12.2 Å². The number of phosphoric ester groups is 1. The molecule has 16 nitrogen and oxygen atoms in total. The number of anilines is 1. The maximum Gasteiger partial charge on any atom is 0.490 e. The fourth-order valence-corrected chi connectivity index (χ4v) is 5.18. The third-order valence-corrected chi connectivity index (χ3v) is 6.99. The van der Waals surface area contributed by atoms with Crippen LogP contribution in [-0.4, -0.2) is 53.0 Å². The fraction of sp³-hybridized carbons (Fsp3) is 0.556. The lowest BCUT2D eigenvalue weighted by molar-refractivity contribution is -0.0449. The van der Waals surface area contributed by atoms with Crippen molar-refractivity contribution in [2.75, 3.05) is 12.3 Å². The Morgan fingerprint density at radius 1 is 1.21 bits per heavy atom. The summed E-state index contributed by atoms with van der Waals surface area (Å²) in [4.78, 5) is 50.5. The zero-order valence-electron chi connectivity index (χ0n) is 13.6. The van der Waals surface area contributed by atoms with E-state index in [0.29, 0.717) is 0 Å². The zero-order valence-corrected chi connectivity index (χ0v) is 16.3. The van der Waals surface area contributed by atoms with Gasteiger partial charge in [-0.2, -0.15) is 13.6 Å². The number of nitrogens with zero attached hydrogens (tertiary/aromatic N) is 2. The molecule has 1 saturated heterocycles. The Morgan fingerprint density at radius 2 is 1.86 bits per heavy atom. The summed E-state index contributed by atoms with van der Waals surface area (Å²) in [6.07, 6.45) is -2.42. The average Bonchev–Trinajstić information content (AvgIpc) is 2.82. The molecule has 2 unspecified atom stereocenters. The summed E-state index contributed by atoms with van der Waals surface area (Å²) in [5.41, 5.74) is 4.58. The molecule has 0 bridgehead atoms. The molecule has 5 atom stereocenters. The lowest BCUT2D eigenvalue weighted by Crippen LogP contribution is -2.28. The fourth-order valence-electron chi connectivity index (χ4n) is 2.15. The number of hydrogen-bond donors (Lipinski definition) is 6. The molecule has 7 N–H and O–H groups in total. The standard InChI is InChI=1S/C9H16N3O13P3/c10-7-1-2-12(9(14)11-7)8-3-5(13)6(23-8)4-22-27(18,19)25-28(20,21)24-26(15,16)17/h1-2,5-6,8,13H,3-4H2,(H,18,19)(H,20,21)(H2,10,11,14)(H2,15,16,17)/t5-,6+,8-/m0/s1. The Hall–Kier alpha value is -0.990. The van der Waals surface area contributed by atoms with Crippen LogP contribution in [0.4, 0.5) is 5.82 Å². The molecule has 0 aliphatic carbocycles. The minimum absolute atomic E-state index is 0.0380. The molecule has 0 radical (unpaired) electrons. The molecule has 1 aromatic heterocycles. The third kappa shape index (κ3) is 6.81. The molecule has 2 rings (SSSR count). The summed E-state index contributed by atoms with van der Waals surface area (Å²) in [7, 11) is -16.5. The van der Waals surface area contributed by atoms with Gasteiger partial charge in [0, 0.05) is 12.6 Å². The van der Waals surface area contributed by atoms with Crippen LogP contribution in [0.1, 0.15) is 12.6 Å². The molecule has 0 amide bonds. The molecule has 19 heteroatoms. The first-order valence-electron chi connectivity index (χ1n) is 7.14. The molecule has 0 saturated carbocycles. The summed E-state index contributed by atoms with van der Waals surface area (Å²) in [6.45, 7) is -0.849. The predicted octanol–water partition coefficient (Wildman–Crippen LogP) is -1.18. The van der Waals surface area contributed by atoms with Crippen LogP contribution in [0.15, 0.2) is 17.1 Å². The van der Waals surface area contributed by atoms with E-state index < -0.39 is 54.2 Å². The van der Waals surface area contributed by atoms with Crippen LogP contribution in [0, 0.1) is 0 Å². The first-order valence-corrected chi connectivity index (χ1v) is 11.7. The van der Waals surface area contributed by atoms with Crippen molar-refractivity contribution in [3.8, 4) is 0 Å². The van der Waals surface area contributed by atoms with Gasteiger partial charge < -0.3 is 35.2 Å². The molecule has 1 aliphatic heterocycles. The van der Waals surface area contributed by atoms with Crippen molar-refractivity contribution in [3.63, 3.8) is 0 Å². The van der Waals surface area contributed by atoms with E-state index in [1.807, 2.05) is 0 Å². The van der Waals surface area contributed by atoms with Crippen molar-refractivity contribution in [3.05, 3.63) is 22.7 Å². The van der Waals surface area contributed by atoms with Crippen molar-refractivity contribution >= 4 is 29.3 Å². The van der Waals surface area contributed by atoms with Gasteiger partial charge in [0.1, 0.15) is 18.1 Å². The van der Waals surface area contributed by atoms with Crippen molar-refractivity contribution in [2.24, 2.45) is 0 Å². The molecule has 2 heterocycles. The predicted molar refractivity (Wildman–Crippen MR) is 87.3 cm³/mol. The van der Waals surface area contributed by atoms with Gasteiger partial charge in [0.2, 0.25) is 0 Å². The number of phosphoric acid groups is 3. The number of hydrogen-bond acceptors (Lipinski definition) is 11. The summed E-state index contributed by atoms with van der Waals surface area (Å²) < 4.78 is 51.2. The van der Waals surface area contributed by atoms with Gasteiger partial charge in [-0.1, -0.05) is 0 Å². The third-order valence-electron chi connectivity index (χ3n) is 3.18. The van der Waals surface area contributed by atoms with Crippen LogP contribution in [0.5, 0.6) is 0 Å². The van der Waals surface area contributed by atoms with E-state index in [1.54, 1.807) is 0 Å². The van der Waals surface area contributed by atoms with Gasteiger partial charge in [-0.25, -0.2) is 18.5 Å². The van der Waals surface area contributed by atoms with Crippen molar-refractivity contribution in [1.29, 1.82) is 0 Å². The number of nitrogens with two attached hydrogens (primary N) is 1. The first kappa shape index (κ1) is 23.3. The molecular weight excluding hydrogens is 451 g/mol. The van der Waals surface area contributed by atoms with Crippen molar-refractivity contribution in [1.82, 2.24) is 9.55 Å². The Balaban J connectivity index is 1.98. The van der Waals surface area contributed by atoms with Crippen LogP contribution >= 0.6 is 23.5 Å². The smallest absolute Gasteiger partial charge is 0.390 e. The summed E-state index contributed by atoms with van der Waals surface area (Å²) in [5.74, 6) is -0.0380. The van der Waals surface area contributed by atoms with Crippen LogP contribution in [-0.2, 0) is 31.6 Å². The largest absolute Gasteiger partial charge is 0.490 e. The Kier molecular flexibility index (Phi) is 6.99. The van der Waals surface area contributed by atoms with Gasteiger partial charge >= 0.3 is 29.2 Å². The van der Waals surface area contributed by atoms with Crippen LogP contribution < -0.4 is 11.4 Å². The maximum atomic E-state index is 11.8. The number of nitrogen functional groups attached to an aromatic ring is 1. The molecule has 0 aromatic carbocycles. The van der Waals surface area contributed by atoms with E-state index in [1.165, 1.54) is 12.3 Å². The van der Waals surface area contributed by atoms with Gasteiger partial charge in [0.05, 0.1) is 12.7 Å². The van der Waals surface area contributed by atoms with Crippen LogP contribution in [0.2, 0.25) is 0 Å². The quantitative estimate of drug-likeness (QED) is 0.246. The normalized spacial score (nSPS) is 27.2. The molecule has 1 aromatic rings. The van der Waals surface area contributed by atoms with Gasteiger partial charge in [-0.05, 0) is 6.07 Å². The molecule has 1 fully saturated rings. The van der Waals surface area contributed by atoms with Crippen LogP contribution in [0.25, 0.3) is 0 Å². The number of aliphatic hydroxyl groups excluding tert-OH is 1. The van der Waals surface area contributed by atoms with Gasteiger partial charge in [-0.3, -0.25) is 9.09 Å². The highest BCUT2D eigenvalue weighted by Gasteiger charge is 2.42. The SMILES string of the molecule is Nc1ccn([C@@H]2C[C@H](O)[C@@H](COP(=O)(O)OP(=O)(O)OP(=O)(O)O)O2)c(=O)n1. The van der Waals surface area contributed by atoms with E-state index >= 15 is 0 Å². The second-order valence-electron chi connectivity index (χ2n) is 5.36. The van der Waals surface area contributed by atoms with Crippen molar-refractivity contribution < 1.29 is 56.3 Å². The lowest BCUT2D eigenvalue weighted by Gasteiger charge is -2.19. The van der Waals surface area contributed by atoms with E-state index in [2.05, 4.69) is 18.1 Å². The minimum atomic E-state index is -5.65. The molecule has 160 valence electrons. The van der Waals surface area contributed by atoms with E-state index in [4.69, 9.17) is 25.2 Å². The zero-order chi connectivity index (χ0) is 21.3. The minimum Gasteiger partial charge on any atom is -0.390 e. The Labute approximate surface area is 155 Å². The summed E-state index contributed by atoms with van der Waals surface area (Å²) in [6, 6.07) is 1.30. The highest BCUT2D eigenvalue weighted by molar-refractivity contribution is 7.66. The second kappa shape index (κ2) is 8.40. The number of aliphatic hydroxyl groups is 1. The number of aromatic nitrogens is 2. The molecule has 0 spiro atoms. The summed E-state index contributed by atoms with van der Waals surface area (Å²) >= 11 is 0. The Morgan fingerprint density at radius 3 is 2.43 bits per heavy atom. The maximum absolute atomic E-state index is 11.8. The lowest BCUT2D eigenvalue weighted by atomic mass is 10.2. The highest BCUT2D eigenvalue weighted by Crippen LogP contribution is 2.66. The van der Waals surface area contributed by atoms with Gasteiger partial charge in [0.25, 0.3) is 0 Å². The molecule has 1 aliphatic rings. The molecular formula is C9H16N3O13P3. The average molecular weight is 467 g/mol. The Bertz CT molecular complexity index is 914. The number of ether oxygens (including phenoxy) is 1. The highest BCUT2D eigenvalue weighted by atomic mass is 31.3. The summed E-state index contributed by atoms with van der Waals surface area (Å²) in [5, 5.41) is 9.94. The molecule has 28 heavy (non-hydrogen) atoms. The number of rotatable bonds is 8. The first-order chi connectivity index (χ1) is 12.7. The van der Waals surface area contributed by atoms with Crippen molar-refractivity contribution in [2.45, 2.75) is 24.9 Å².